The van der Waals surface area contributed by atoms with Crippen molar-refractivity contribution in [3.05, 3.63) is 71.9 Å². The van der Waals surface area contributed by atoms with E-state index in [0.29, 0.717) is 0 Å². The van der Waals surface area contributed by atoms with Gasteiger partial charge in [-0.25, -0.2) is 0 Å². The molecule has 1 aliphatic heterocycles. The molecule has 20 heavy (non-hydrogen) atoms. The summed E-state index contributed by atoms with van der Waals surface area (Å²) in [6.45, 7) is 1.92. The molecule has 1 heterocycles. The second kappa shape index (κ2) is 5.33. The first-order chi connectivity index (χ1) is 9.72. The van der Waals surface area contributed by atoms with Crippen LogP contribution in [0.4, 0.5) is 0 Å². The predicted molar refractivity (Wildman–Crippen MR) is 81.0 cm³/mol. The maximum atomic E-state index is 11.5. The molecule has 0 spiro atoms. The van der Waals surface area contributed by atoms with Gasteiger partial charge in [0.1, 0.15) is 0 Å². The molecular formula is C18H17NO. The van der Waals surface area contributed by atoms with Crippen LogP contribution in [0.15, 0.2) is 66.4 Å². The van der Waals surface area contributed by atoms with Gasteiger partial charge in [-0.05, 0) is 16.7 Å². The minimum absolute atomic E-state index is 0.00593. The molecule has 0 saturated carbocycles. The van der Waals surface area contributed by atoms with Crippen molar-refractivity contribution in [2.45, 2.75) is 13.3 Å². The number of amides is 1. The molecule has 1 aliphatic rings. The van der Waals surface area contributed by atoms with Gasteiger partial charge in [0, 0.05) is 12.1 Å². The molecule has 2 nitrogen and oxygen atoms in total. The van der Waals surface area contributed by atoms with Crippen molar-refractivity contribution in [3.63, 3.8) is 0 Å². The monoisotopic (exact) mass is 263 g/mol. The lowest BCUT2D eigenvalue weighted by molar-refractivity contribution is -0.121. The molecular weight excluding hydrogens is 246 g/mol. The van der Waals surface area contributed by atoms with Crippen molar-refractivity contribution < 1.29 is 4.79 Å². The fourth-order valence-electron chi connectivity index (χ4n) is 2.46. The molecule has 0 aliphatic carbocycles. The number of rotatable bonds is 3. The van der Waals surface area contributed by atoms with Crippen LogP contribution in [0, 0.1) is 5.92 Å². The Bertz CT molecular complexity index is 641. The molecule has 2 heteroatoms. The third-order valence-electron chi connectivity index (χ3n) is 3.60. The first-order valence-corrected chi connectivity index (χ1v) is 6.88. The van der Waals surface area contributed by atoms with Crippen LogP contribution in [0.2, 0.25) is 0 Å². The summed E-state index contributed by atoms with van der Waals surface area (Å²) >= 11 is 0. The van der Waals surface area contributed by atoms with Crippen LogP contribution < -0.4 is 5.32 Å². The van der Waals surface area contributed by atoms with Gasteiger partial charge in [-0.1, -0.05) is 67.6 Å². The number of carbonyl (C=O) groups excluding carboxylic acids is 1. The SMILES string of the molecule is CC1C=C(Cc2ccc(-c3ccccc3)cc2)NC1=O. The molecule has 0 aromatic heterocycles. The van der Waals surface area contributed by atoms with Crippen LogP contribution in [0.1, 0.15) is 12.5 Å². The lowest BCUT2D eigenvalue weighted by Gasteiger charge is -2.06. The number of nitrogens with one attached hydrogen (secondary N) is 1. The molecule has 100 valence electrons. The average molecular weight is 263 g/mol. The molecule has 2 aromatic rings. The highest BCUT2D eigenvalue weighted by molar-refractivity contribution is 5.84. The number of hydrogen-bond acceptors (Lipinski definition) is 1. The van der Waals surface area contributed by atoms with Gasteiger partial charge in [-0.2, -0.15) is 0 Å². The zero-order valence-corrected chi connectivity index (χ0v) is 11.5. The zero-order valence-electron chi connectivity index (χ0n) is 11.5. The van der Waals surface area contributed by atoms with Crippen LogP contribution in [0.3, 0.4) is 0 Å². The Hall–Kier alpha value is -2.35. The molecule has 1 amide bonds. The standard InChI is InChI=1S/C18H17NO/c1-13-11-17(19-18(13)20)12-14-7-9-16(10-8-14)15-5-3-2-4-6-15/h2-11,13H,12H2,1H3,(H,19,20). The van der Waals surface area contributed by atoms with E-state index in [1.807, 2.05) is 31.2 Å². The highest BCUT2D eigenvalue weighted by Crippen LogP contribution is 2.21. The predicted octanol–water partition coefficient (Wildman–Crippen LogP) is 3.55. The third-order valence-corrected chi connectivity index (χ3v) is 3.60. The van der Waals surface area contributed by atoms with Crippen molar-refractivity contribution in [3.8, 4) is 11.1 Å². The van der Waals surface area contributed by atoms with E-state index in [1.54, 1.807) is 0 Å². The summed E-state index contributed by atoms with van der Waals surface area (Å²) in [7, 11) is 0. The average Bonchev–Trinajstić information content (AvgIpc) is 2.79. The number of carbonyl (C=O) groups is 1. The summed E-state index contributed by atoms with van der Waals surface area (Å²) in [6, 6.07) is 18.8. The minimum Gasteiger partial charge on any atom is -0.329 e. The highest BCUT2D eigenvalue weighted by Gasteiger charge is 2.19. The normalized spacial score (nSPS) is 17.8. The van der Waals surface area contributed by atoms with Crippen LogP contribution in [-0.2, 0) is 11.2 Å². The summed E-state index contributed by atoms with van der Waals surface area (Å²) in [6.07, 6.45) is 2.79. The number of allylic oxidation sites excluding steroid dienone is 1. The maximum absolute atomic E-state index is 11.5. The van der Waals surface area contributed by atoms with Crippen LogP contribution in [0.5, 0.6) is 0 Å². The van der Waals surface area contributed by atoms with Gasteiger partial charge < -0.3 is 5.32 Å². The Morgan fingerprint density at radius 2 is 1.60 bits per heavy atom. The summed E-state index contributed by atoms with van der Waals surface area (Å²) in [5.41, 5.74) is 4.66. The van der Waals surface area contributed by atoms with E-state index >= 15 is 0 Å². The number of hydrogen-bond donors (Lipinski definition) is 1. The van der Waals surface area contributed by atoms with Crippen molar-refractivity contribution in [2.24, 2.45) is 5.92 Å². The van der Waals surface area contributed by atoms with Gasteiger partial charge in [-0.15, -0.1) is 0 Å². The summed E-state index contributed by atoms with van der Waals surface area (Å²) in [5, 5.41) is 2.92. The molecule has 0 saturated heterocycles. The van der Waals surface area contributed by atoms with Crippen molar-refractivity contribution in [1.82, 2.24) is 5.32 Å². The van der Waals surface area contributed by atoms with Gasteiger partial charge >= 0.3 is 0 Å². The molecule has 1 unspecified atom stereocenters. The van der Waals surface area contributed by atoms with E-state index in [4.69, 9.17) is 0 Å². The van der Waals surface area contributed by atoms with Crippen molar-refractivity contribution in [1.29, 1.82) is 0 Å². The summed E-state index contributed by atoms with van der Waals surface area (Å²) in [5.74, 6) is 0.0921. The van der Waals surface area contributed by atoms with Gasteiger partial charge in [0.05, 0.1) is 5.92 Å². The van der Waals surface area contributed by atoms with E-state index in [0.717, 1.165) is 12.1 Å². The topological polar surface area (TPSA) is 29.1 Å². The molecule has 1 atom stereocenters. The first-order valence-electron chi connectivity index (χ1n) is 6.88. The minimum atomic E-state index is -0.00593. The highest BCUT2D eigenvalue weighted by atomic mass is 16.2. The van der Waals surface area contributed by atoms with Crippen LogP contribution >= 0.6 is 0 Å². The first kappa shape index (κ1) is 12.7. The Morgan fingerprint density at radius 1 is 0.950 bits per heavy atom. The molecule has 0 bridgehead atoms. The Balaban J connectivity index is 1.74. The molecule has 0 fully saturated rings. The second-order valence-corrected chi connectivity index (χ2v) is 5.21. The van der Waals surface area contributed by atoms with Crippen molar-refractivity contribution in [2.75, 3.05) is 0 Å². The van der Waals surface area contributed by atoms with E-state index < -0.39 is 0 Å². The van der Waals surface area contributed by atoms with Gasteiger partial charge in [0.15, 0.2) is 0 Å². The van der Waals surface area contributed by atoms with E-state index in [1.165, 1.54) is 16.7 Å². The summed E-state index contributed by atoms with van der Waals surface area (Å²) in [4.78, 5) is 11.5. The maximum Gasteiger partial charge on any atom is 0.230 e. The van der Waals surface area contributed by atoms with E-state index in [2.05, 4.69) is 41.7 Å². The van der Waals surface area contributed by atoms with Gasteiger partial charge in [0.2, 0.25) is 5.91 Å². The Labute approximate surface area is 119 Å². The van der Waals surface area contributed by atoms with Crippen LogP contribution in [-0.4, -0.2) is 5.91 Å². The van der Waals surface area contributed by atoms with Gasteiger partial charge in [-0.3, -0.25) is 4.79 Å². The summed E-state index contributed by atoms with van der Waals surface area (Å²) < 4.78 is 0. The van der Waals surface area contributed by atoms with Crippen molar-refractivity contribution >= 4 is 5.91 Å². The van der Waals surface area contributed by atoms with E-state index in [9.17, 15) is 4.79 Å². The van der Waals surface area contributed by atoms with Gasteiger partial charge in [0.25, 0.3) is 0 Å². The lowest BCUT2D eigenvalue weighted by Crippen LogP contribution is -2.20. The van der Waals surface area contributed by atoms with Crippen LogP contribution in [0.25, 0.3) is 11.1 Å². The van der Waals surface area contributed by atoms with E-state index in [-0.39, 0.29) is 11.8 Å². The second-order valence-electron chi connectivity index (χ2n) is 5.21. The fraction of sp³-hybridized carbons (Fsp3) is 0.167. The smallest absolute Gasteiger partial charge is 0.230 e. The zero-order chi connectivity index (χ0) is 13.9. The molecule has 0 radical (unpaired) electrons. The molecule has 2 aromatic carbocycles. The third kappa shape index (κ3) is 2.64. The number of benzene rings is 2. The Morgan fingerprint density at radius 3 is 2.20 bits per heavy atom. The Kier molecular flexibility index (Phi) is 3.38. The lowest BCUT2D eigenvalue weighted by atomic mass is 10.0. The molecule has 3 rings (SSSR count). The largest absolute Gasteiger partial charge is 0.329 e. The molecule has 1 N–H and O–H groups in total. The quantitative estimate of drug-likeness (QED) is 0.901. The fourth-order valence-corrected chi connectivity index (χ4v) is 2.46.